The molecule has 0 aliphatic carbocycles. The van der Waals surface area contributed by atoms with Gasteiger partial charge >= 0.3 is 5.97 Å². The van der Waals surface area contributed by atoms with Crippen LogP contribution in [0.25, 0.3) is 0 Å². The minimum absolute atomic E-state index is 0.00136. The number of benzene rings is 2. The second kappa shape index (κ2) is 6.60. The van der Waals surface area contributed by atoms with E-state index < -0.39 is 11.8 Å². The Bertz CT molecular complexity index is 708. The molecular weight excluding hydrogens is 283 g/mol. The molecule has 0 amide bonds. The number of aryl methyl sites for hydroxylation is 3. The Kier molecular flexibility index (Phi) is 4.81. The van der Waals surface area contributed by atoms with Crippen molar-refractivity contribution in [2.24, 2.45) is 0 Å². The van der Waals surface area contributed by atoms with Crippen LogP contribution < -0.4 is 9.47 Å². The van der Waals surface area contributed by atoms with Gasteiger partial charge in [0, 0.05) is 6.92 Å². The molecule has 4 heteroatoms. The van der Waals surface area contributed by atoms with Crippen LogP contribution in [0.1, 0.15) is 29.2 Å². The lowest BCUT2D eigenvalue weighted by Gasteiger charge is -2.14. The zero-order valence-corrected chi connectivity index (χ0v) is 13.2. The van der Waals surface area contributed by atoms with Crippen molar-refractivity contribution in [2.45, 2.75) is 34.3 Å². The van der Waals surface area contributed by atoms with Crippen molar-refractivity contribution in [1.29, 1.82) is 0 Å². The molecule has 0 aliphatic heterocycles. The zero-order chi connectivity index (χ0) is 16.3. The second-order valence-electron chi connectivity index (χ2n) is 5.30. The maximum Gasteiger partial charge on any atom is 0.308 e. The van der Waals surface area contributed by atoms with Gasteiger partial charge in [-0.2, -0.15) is 0 Å². The van der Waals surface area contributed by atoms with Crippen LogP contribution in [0.2, 0.25) is 0 Å². The van der Waals surface area contributed by atoms with Gasteiger partial charge in [0.15, 0.2) is 0 Å². The zero-order valence-electron chi connectivity index (χ0n) is 13.2. The Morgan fingerprint density at radius 3 is 2.41 bits per heavy atom. The van der Waals surface area contributed by atoms with Crippen molar-refractivity contribution in [3.8, 4) is 11.5 Å². The highest BCUT2D eigenvalue weighted by Gasteiger charge is 2.13. The summed E-state index contributed by atoms with van der Waals surface area (Å²) < 4.78 is 24.7. The number of esters is 1. The van der Waals surface area contributed by atoms with Crippen molar-refractivity contribution in [2.75, 3.05) is 0 Å². The summed E-state index contributed by atoms with van der Waals surface area (Å²) in [7, 11) is 0. The Morgan fingerprint density at radius 1 is 1.05 bits per heavy atom. The number of halogens is 1. The smallest absolute Gasteiger partial charge is 0.308 e. The first kappa shape index (κ1) is 16.0. The SMILES string of the molecule is CC(=O)Oc1cccc(F)c1COc1cc(C)c(C)cc1C. The van der Waals surface area contributed by atoms with E-state index in [0.717, 1.165) is 11.1 Å². The first-order valence-corrected chi connectivity index (χ1v) is 7.05. The summed E-state index contributed by atoms with van der Waals surface area (Å²) in [5.41, 5.74) is 3.49. The predicted octanol–water partition coefficient (Wildman–Crippen LogP) is 4.26. The molecule has 0 aromatic heterocycles. The van der Waals surface area contributed by atoms with Crippen LogP contribution in [0.3, 0.4) is 0 Å². The fourth-order valence-electron chi connectivity index (χ4n) is 2.17. The van der Waals surface area contributed by atoms with Crippen LogP contribution in [0, 0.1) is 26.6 Å². The fourth-order valence-corrected chi connectivity index (χ4v) is 2.17. The van der Waals surface area contributed by atoms with Gasteiger partial charge in [-0.05, 0) is 55.7 Å². The van der Waals surface area contributed by atoms with E-state index in [1.54, 1.807) is 6.07 Å². The van der Waals surface area contributed by atoms with E-state index in [1.807, 2.05) is 32.9 Å². The Labute approximate surface area is 129 Å². The summed E-state index contributed by atoms with van der Waals surface area (Å²) in [6.07, 6.45) is 0. The van der Waals surface area contributed by atoms with Crippen molar-refractivity contribution >= 4 is 5.97 Å². The van der Waals surface area contributed by atoms with E-state index in [2.05, 4.69) is 0 Å². The first-order chi connectivity index (χ1) is 10.4. The number of hydrogen-bond acceptors (Lipinski definition) is 3. The summed E-state index contributed by atoms with van der Waals surface area (Å²) >= 11 is 0. The molecule has 2 aromatic rings. The lowest BCUT2D eigenvalue weighted by molar-refractivity contribution is -0.131. The van der Waals surface area contributed by atoms with Crippen molar-refractivity contribution in [1.82, 2.24) is 0 Å². The molecule has 0 unspecified atom stereocenters. The largest absolute Gasteiger partial charge is 0.488 e. The predicted molar refractivity (Wildman–Crippen MR) is 82.7 cm³/mol. The standard InChI is InChI=1S/C18H19FO3/c1-11-8-13(3)18(9-12(11)2)21-10-15-16(19)6-5-7-17(15)22-14(4)20/h5-9H,10H2,1-4H3. The molecular formula is C18H19FO3. The molecule has 0 saturated carbocycles. The third-order valence-electron chi connectivity index (χ3n) is 3.49. The quantitative estimate of drug-likeness (QED) is 0.625. The fraction of sp³-hybridized carbons (Fsp3) is 0.278. The minimum Gasteiger partial charge on any atom is -0.488 e. The Hall–Kier alpha value is -2.36. The second-order valence-corrected chi connectivity index (χ2v) is 5.30. The summed E-state index contributed by atoms with van der Waals surface area (Å²) in [5.74, 6) is -0.0661. The monoisotopic (exact) mass is 302 g/mol. The van der Waals surface area contributed by atoms with Gasteiger partial charge in [-0.15, -0.1) is 0 Å². The van der Waals surface area contributed by atoms with Gasteiger partial charge in [0.1, 0.15) is 23.9 Å². The molecule has 3 nitrogen and oxygen atoms in total. The van der Waals surface area contributed by atoms with Crippen molar-refractivity contribution in [3.63, 3.8) is 0 Å². The highest BCUT2D eigenvalue weighted by Crippen LogP contribution is 2.27. The highest BCUT2D eigenvalue weighted by molar-refractivity contribution is 5.69. The molecule has 0 bridgehead atoms. The molecule has 22 heavy (non-hydrogen) atoms. The van der Waals surface area contributed by atoms with Gasteiger partial charge < -0.3 is 9.47 Å². The molecule has 116 valence electrons. The minimum atomic E-state index is -0.491. The lowest BCUT2D eigenvalue weighted by atomic mass is 10.1. The summed E-state index contributed by atoms with van der Waals surface area (Å²) in [4.78, 5) is 11.1. The van der Waals surface area contributed by atoms with E-state index in [9.17, 15) is 9.18 Å². The number of carbonyl (C=O) groups excluding carboxylic acids is 1. The van der Waals surface area contributed by atoms with Crippen LogP contribution in [0.15, 0.2) is 30.3 Å². The molecule has 0 radical (unpaired) electrons. The molecule has 0 N–H and O–H groups in total. The van der Waals surface area contributed by atoms with Crippen LogP contribution in [-0.2, 0) is 11.4 Å². The van der Waals surface area contributed by atoms with Gasteiger partial charge in [0.2, 0.25) is 0 Å². The number of rotatable bonds is 4. The van der Waals surface area contributed by atoms with Crippen molar-refractivity contribution in [3.05, 3.63) is 58.4 Å². The van der Waals surface area contributed by atoms with E-state index >= 15 is 0 Å². The summed E-state index contributed by atoms with van der Waals surface area (Å²) in [6.45, 7) is 7.24. The van der Waals surface area contributed by atoms with Gasteiger partial charge in [-0.25, -0.2) is 4.39 Å². The molecule has 0 heterocycles. The molecule has 0 atom stereocenters. The van der Waals surface area contributed by atoms with Gasteiger partial charge in [0.05, 0.1) is 5.56 Å². The Balaban J connectivity index is 2.25. The maximum atomic E-state index is 14.0. The average Bonchev–Trinajstić information content (AvgIpc) is 2.43. The molecule has 0 saturated heterocycles. The van der Waals surface area contributed by atoms with Gasteiger partial charge in [0.25, 0.3) is 0 Å². The van der Waals surface area contributed by atoms with E-state index in [1.165, 1.54) is 24.6 Å². The molecule has 0 fully saturated rings. The van der Waals surface area contributed by atoms with E-state index in [-0.39, 0.29) is 17.9 Å². The Morgan fingerprint density at radius 2 is 1.73 bits per heavy atom. The summed E-state index contributed by atoms with van der Waals surface area (Å²) in [6, 6.07) is 8.32. The third kappa shape index (κ3) is 3.64. The van der Waals surface area contributed by atoms with Crippen LogP contribution in [0.4, 0.5) is 4.39 Å². The third-order valence-corrected chi connectivity index (χ3v) is 3.49. The molecule has 0 aliphatic rings. The van der Waals surface area contributed by atoms with Crippen LogP contribution in [0.5, 0.6) is 11.5 Å². The first-order valence-electron chi connectivity index (χ1n) is 7.05. The molecule has 2 rings (SSSR count). The highest BCUT2D eigenvalue weighted by atomic mass is 19.1. The van der Waals surface area contributed by atoms with Crippen molar-refractivity contribution < 1.29 is 18.7 Å². The number of carbonyl (C=O) groups is 1. The molecule has 0 spiro atoms. The number of hydrogen-bond donors (Lipinski definition) is 0. The number of ether oxygens (including phenoxy) is 2. The lowest BCUT2D eigenvalue weighted by Crippen LogP contribution is -2.08. The van der Waals surface area contributed by atoms with Crippen LogP contribution >= 0.6 is 0 Å². The van der Waals surface area contributed by atoms with E-state index in [4.69, 9.17) is 9.47 Å². The average molecular weight is 302 g/mol. The van der Waals surface area contributed by atoms with Crippen LogP contribution in [-0.4, -0.2) is 5.97 Å². The summed E-state index contributed by atoms with van der Waals surface area (Å²) in [5, 5.41) is 0. The topological polar surface area (TPSA) is 35.5 Å². The van der Waals surface area contributed by atoms with E-state index in [0.29, 0.717) is 5.75 Å². The maximum absolute atomic E-state index is 14.0. The van der Waals surface area contributed by atoms with Gasteiger partial charge in [-0.1, -0.05) is 12.1 Å². The van der Waals surface area contributed by atoms with Gasteiger partial charge in [-0.3, -0.25) is 4.79 Å². The molecule has 2 aromatic carbocycles. The normalized spacial score (nSPS) is 10.4.